The van der Waals surface area contributed by atoms with Crippen LogP contribution in [0.1, 0.15) is 42.3 Å². The van der Waals surface area contributed by atoms with Gasteiger partial charge in [0.15, 0.2) is 0 Å². The maximum absolute atomic E-state index is 13.5. The van der Waals surface area contributed by atoms with Crippen molar-refractivity contribution in [3.63, 3.8) is 0 Å². The highest BCUT2D eigenvalue weighted by Crippen LogP contribution is 2.33. The van der Waals surface area contributed by atoms with Crippen molar-refractivity contribution in [3.8, 4) is 11.5 Å². The quantitative estimate of drug-likeness (QED) is 0.665. The van der Waals surface area contributed by atoms with Gasteiger partial charge in [-0.05, 0) is 43.5 Å². The molecule has 0 unspecified atom stereocenters. The molecule has 0 aliphatic carbocycles. The van der Waals surface area contributed by atoms with E-state index in [9.17, 15) is 14.7 Å². The number of carbonyl (C=O) groups excluding carboxylic acids is 2. The van der Waals surface area contributed by atoms with Crippen LogP contribution < -0.4 is 9.47 Å². The molecule has 0 bridgehead atoms. The van der Waals surface area contributed by atoms with Crippen LogP contribution >= 0.6 is 0 Å². The van der Waals surface area contributed by atoms with Gasteiger partial charge >= 0.3 is 0 Å². The number of aliphatic hydroxyl groups is 1. The van der Waals surface area contributed by atoms with Crippen LogP contribution in [0.25, 0.3) is 0 Å². The molecule has 0 saturated carbocycles. The molecule has 0 spiro atoms. The lowest BCUT2D eigenvalue weighted by atomic mass is 9.99. The van der Waals surface area contributed by atoms with E-state index in [1.165, 1.54) is 11.1 Å². The first-order valence-corrected chi connectivity index (χ1v) is 12.7. The van der Waals surface area contributed by atoms with Crippen molar-refractivity contribution < 1.29 is 24.2 Å². The molecule has 3 heterocycles. The second-order valence-electron chi connectivity index (χ2n) is 10.8. The molecule has 1 N–H and O–H groups in total. The number of amides is 2. The Bertz CT molecular complexity index is 1140. The summed E-state index contributed by atoms with van der Waals surface area (Å²) in [4.78, 5) is 30.6. The second kappa shape index (κ2) is 9.75. The van der Waals surface area contributed by atoms with Crippen LogP contribution in [0.15, 0.2) is 42.5 Å². The Morgan fingerprint density at radius 2 is 1.92 bits per heavy atom. The molecule has 1 fully saturated rings. The van der Waals surface area contributed by atoms with Crippen molar-refractivity contribution in [2.75, 3.05) is 39.3 Å². The number of benzene rings is 2. The molecular weight excluding hydrogens is 458 g/mol. The summed E-state index contributed by atoms with van der Waals surface area (Å²) in [6, 6.07) is 13.7. The molecule has 3 aliphatic heterocycles. The van der Waals surface area contributed by atoms with Crippen LogP contribution in [0.5, 0.6) is 11.5 Å². The molecule has 0 aromatic heterocycles. The summed E-state index contributed by atoms with van der Waals surface area (Å²) in [7, 11) is 0. The van der Waals surface area contributed by atoms with Crippen molar-refractivity contribution in [2.45, 2.75) is 51.5 Å². The van der Waals surface area contributed by atoms with Gasteiger partial charge in [0.1, 0.15) is 23.2 Å². The van der Waals surface area contributed by atoms with E-state index in [2.05, 4.69) is 29.2 Å². The highest BCUT2D eigenvalue weighted by atomic mass is 16.5. The van der Waals surface area contributed by atoms with E-state index in [0.29, 0.717) is 43.2 Å². The van der Waals surface area contributed by atoms with E-state index in [-0.39, 0.29) is 24.5 Å². The molecule has 2 aromatic carbocycles. The fraction of sp³-hybridized carbons (Fsp3) is 0.500. The highest BCUT2D eigenvalue weighted by Gasteiger charge is 2.36. The van der Waals surface area contributed by atoms with Gasteiger partial charge in [-0.15, -0.1) is 0 Å². The van der Waals surface area contributed by atoms with E-state index < -0.39 is 11.7 Å². The van der Waals surface area contributed by atoms with Crippen LogP contribution in [0.3, 0.4) is 0 Å². The minimum absolute atomic E-state index is 0.0415. The Kier molecular flexibility index (Phi) is 6.66. The van der Waals surface area contributed by atoms with Gasteiger partial charge in [0.2, 0.25) is 5.91 Å². The Balaban J connectivity index is 1.24. The molecule has 8 nitrogen and oxygen atoms in total. The molecule has 2 aromatic rings. The number of ether oxygens (including phenoxy) is 2. The minimum Gasteiger partial charge on any atom is -0.487 e. The predicted octanol–water partition coefficient (Wildman–Crippen LogP) is 2.33. The molecule has 5 rings (SSSR count). The topological polar surface area (TPSA) is 82.6 Å². The number of nitrogens with zero attached hydrogens (tertiary/aromatic N) is 3. The molecule has 1 atom stereocenters. The van der Waals surface area contributed by atoms with E-state index in [4.69, 9.17) is 9.47 Å². The summed E-state index contributed by atoms with van der Waals surface area (Å²) in [6.07, 6.45) is 0.245. The molecule has 0 radical (unpaired) electrons. The largest absolute Gasteiger partial charge is 0.487 e. The summed E-state index contributed by atoms with van der Waals surface area (Å²) in [5, 5.41) is 10.9. The van der Waals surface area contributed by atoms with E-state index in [0.717, 1.165) is 19.5 Å². The van der Waals surface area contributed by atoms with E-state index in [1.54, 1.807) is 34.9 Å². The lowest BCUT2D eigenvalue weighted by Crippen LogP contribution is -2.55. The van der Waals surface area contributed by atoms with Crippen molar-refractivity contribution >= 4 is 11.8 Å². The fourth-order valence-electron chi connectivity index (χ4n) is 5.30. The summed E-state index contributed by atoms with van der Waals surface area (Å²) < 4.78 is 12.2. The first-order valence-electron chi connectivity index (χ1n) is 12.7. The first kappa shape index (κ1) is 24.6. The summed E-state index contributed by atoms with van der Waals surface area (Å²) in [5.74, 6) is 0.982. The Hall–Kier alpha value is -3.10. The smallest absolute Gasteiger partial charge is 0.257 e. The van der Waals surface area contributed by atoms with Crippen LogP contribution in [-0.2, 0) is 17.8 Å². The molecule has 36 heavy (non-hydrogen) atoms. The minimum atomic E-state index is -0.665. The van der Waals surface area contributed by atoms with Crippen LogP contribution in [0.4, 0.5) is 0 Å². The number of rotatable bonds is 6. The molecule has 192 valence electrons. The number of aliphatic hydroxyl groups excluding tert-OH is 1. The summed E-state index contributed by atoms with van der Waals surface area (Å²) in [5.41, 5.74) is 2.51. The van der Waals surface area contributed by atoms with E-state index >= 15 is 0 Å². The number of hydrogen-bond acceptors (Lipinski definition) is 6. The molecule has 1 saturated heterocycles. The molecule has 3 aliphatic rings. The third-order valence-corrected chi connectivity index (χ3v) is 7.13. The molecule has 8 heteroatoms. The van der Waals surface area contributed by atoms with Crippen LogP contribution in [0, 0.1) is 0 Å². The first-order chi connectivity index (χ1) is 17.2. The maximum atomic E-state index is 13.5. The van der Waals surface area contributed by atoms with Gasteiger partial charge in [-0.25, -0.2) is 0 Å². The zero-order chi connectivity index (χ0) is 25.4. The third-order valence-electron chi connectivity index (χ3n) is 7.13. The Morgan fingerprint density at radius 1 is 1.17 bits per heavy atom. The van der Waals surface area contributed by atoms with Crippen molar-refractivity contribution in [3.05, 3.63) is 59.2 Å². The zero-order valence-corrected chi connectivity index (χ0v) is 21.3. The average Bonchev–Trinajstić information content (AvgIpc) is 2.88. The Labute approximate surface area is 212 Å². The Morgan fingerprint density at radius 3 is 2.67 bits per heavy atom. The lowest BCUT2D eigenvalue weighted by Gasteiger charge is -2.38. The standard InChI is InChI=1S/C28H35N3O5/c1-19(32)30-16-24(17-30)35-23-8-9-25-26(12-23)36-28(2,3)18-31(27(25)34)15-22(33)14-29-11-10-20-6-4-5-7-21(20)13-29/h4-9,12,22,24,33H,10-11,13-18H2,1-3H3/t22-/m1/s1. The number of carbonyl (C=O) groups is 2. The summed E-state index contributed by atoms with van der Waals surface area (Å²) >= 11 is 0. The van der Waals surface area contributed by atoms with Gasteiger partial charge in [-0.2, -0.15) is 0 Å². The fourth-order valence-corrected chi connectivity index (χ4v) is 5.30. The van der Waals surface area contributed by atoms with Crippen LogP contribution in [0.2, 0.25) is 0 Å². The SMILES string of the molecule is CC(=O)N1CC(Oc2ccc3c(c2)OC(C)(C)CN(C[C@H](O)CN2CCc4ccccc4C2)C3=O)C1. The highest BCUT2D eigenvalue weighted by molar-refractivity contribution is 5.97. The van der Waals surface area contributed by atoms with Crippen molar-refractivity contribution in [1.29, 1.82) is 0 Å². The van der Waals surface area contributed by atoms with Gasteiger partial charge in [0.25, 0.3) is 5.91 Å². The number of fused-ring (bicyclic) bond motifs is 2. The third kappa shape index (κ3) is 5.34. The van der Waals surface area contributed by atoms with Gasteiger partial charge in [-0.3, -0.25) is 14.5 Å². The number of hydrogen-bond donors (Lipinski definition) is 1. The van der Waals surface area contributed by atoms with Gasteiger partial charge in [0, 0.05) is 39.2 Å². The zero-order valence-electron chi connectivity index (χ0n) is 21.3. The van der Waals surface area contributed by atoms with Gasteiger partial charge in [0.05, 0.1) is 31.3 Å². The predicted molar refractivity (Wildman–Crippen MR) is 135 cm³/mol. The van der Waals surface area contributed by atoms with Crippen LogP contribution in [-0.4, -0.2) is 88.7 Å². The summed E-state index contributed by atoms with van der Waals surface area (Å²) in [6.45, 7) is 9.39. The maximum Gasteiger partial charge on any atom is 0.257 e. The van der Waals surface area contributed by atoms with E-state index in [1.807, 2.05) is 13.8 Å². The normalized spacial score (nSPS) is 20.5. The van der Waals surface area contributed by atoms with Gasteiger partial charge < -0.3 is 24.4 Å². The number of β-amino-alcohol motifs (C(OH)–C–C–N with tert-alkyl or cyclic N) is 1. The lowest BCUT2D eigenvalue weighted by molar-refractivity contribution is -0.137. The molecule has 2 amide bonds. The number of likely N-dealkylation sites (tertiary alicyclic amines) is 1. The monoisotopic (exact) mass is 493 g/mol. The van der Waals surface area contributed by atoms with Crippen molar-refractivity contribution in [1.82, 2.24) is 14.7 Å². The van der Waals surface area contributed by atoms with Crippen molar-refractivity contribution in [2.24, 2.45) is 0 Å². The molecular formula is C28H35N3O5. The van der Waals surface area contributed by atoms with Gasteiger partial charge in [-0.1, -0.05) is 24.3 Å². The average molecular weight is 494 g/mol. The second-order valence-corrected chi connectivity index (χ2v) is 10.8.